The van der Waals surface area contributed by atoms with E-state index in [2.05, 4.69) is 15.5 Å². The van der Waals surface area contributed by atoms with Crippen molar-refractivity contribution < 1.29 is 23.9 Å². The lowest BCUT2D eigenvalue weighted by atomic mass is 10.0. The molecule has 3 amide bonds. The molecule has 2 aliphatic heterocycles. The summed E-state index contributed by atoms with van der Waals surface area (Å²) in [6.07, 6.45) is 2.37. The minimum atomic E-state index is -0.751. The molecule has 0 bridgehead atoms. The Labute approximate surface area is 205 Å². The number of benzene rings is 2. The van der Waals surface area contributed by atoms with Crippen LogP contribution in [-0.2, 0) is 19.1 Å². The van der Waals surface area contributed by atoms with Crippen molar-refractivity contribution in [3.63, 3.8) is 0 Å². The average molecular weight is 481 g/mol. The zero-order valence-electron chi connectivity index (χ0n) is 20.0. The Balaban J connectivity index is 1.40. The van der Waals surface area contributed by atoms with E-state index in [1.165, 1.54) is 0 Å². The van der Waals surface area contributed by atoms with Crippen LogP contribution in [0.15, 0.2) is 48.5 Å². The van der Waals surface area contributed by atoms with E-state index in [9.17, 15) is 14.4 Å². The number of rotatable bonds is 7. The highest BCUT2D eigenvalue weighted by molar-refractivity contribution is 6.39. The number of nitrogens with one attached hydrogen (secondary N) is 2. The molecule has 2 saturated heterocycles. The highest BCUT2D eigenvalue weighted by Gasteiger charge is 2.25. The van der Waals surface area contributed by atoms with Crippen molar-refractivity contribution in [2.75, 3.05) is 56.7 Å². The molecular weight excluding hydrogens is 448 g/mol. The van der Waals surface area contributed by atoms with Crippen LogP contribution >= 0.6 is 0 Å². The van der Waals surface area contributed by atoms with Gasteiger partial charge in [-0.2, -0.15) is 0 Å². The van der Waals surface area contributed by atoms with Gasteiger partial charge in [0.05, 0.1) is 26.4 Å². The molecule has 0 radical (unpaired) electrons. The normalized spacial score (nSPS) is 17.5. The predicted octanol–water partition coefficient (Wildman–Crippen LogP) is 2.34. The lowest BCUT2D eigenvalue weighted by molar-refractivity contribution is -0.136. The van der Waals surface area contributed by atoms with Crippen molar-refractivity contribution >= 4 is 29.1 Å². The molecule has 2 aromatic rings. The van der Waals surface area contributed by atoms with E-state index in [4.69, 9.17) is 9.47 Å². The number of carbonyl (C=O) groups excluding carboxylic acids is 3. The SMILES string of the molecule is COc1cccc(C(CNC(=O)C(=O)Nc2cccc(N3CCCCC3=O)c2)N2CCOCC2)c1. The van der Waals surface area contributed by atoms with Crippen LogP contribution in [0.4, 0.5) is 11.4 Å². The van der Waals surface area contributed by atoms with E-state index in [0.717, 1.165) is 42.9 Å². The third kappa shape index (κ3) is 6.37. The monoisotopic (exact) mass is 480 g/mol. The zero-order chi connectivity index (χ0) is 24.6. The molecule has 2 fully saturated rings. The molecular formula is C26H32N4O5. The lowest BCUT2D eigenvalue weighted by Crippen LogP contribution is -2.45. The van der Waals surface area contributed by atoms with E-state index in [-0.39, 0.29) is 18.5 Å². The number of amides is 3. The molecule has 2 N–H and O–H groups in total. The number of piperidine rings is 1. The third-order valence-electron chi connectivity index (χ3n) is 6.37. The fourth-order valence-corrected chi connectivity index (χ4v) is 4.48. The molecule has 1 atom stereocenters. The number of carbonyl (C=O) groups is 3. The van der Waals surface area contributed by atoms with Crippen molar-refractivity contribution in [1.29, 1.82) is 0 Å². The van der Waals surface area contributed by atoms with Gasteiger partial charge in [0.25, 0.3) is 0 Å². The van der Waals surface area contributed by atoms with Crippen LogP contribution in [0.25, 0.3) is 0 Å². The van der Waals surface area contributed by atoms with E-state index in [0.29, 0.717) is 31.9 Å². The first-order chi connectivity index (χ1) is 17.0. The van der Waals surface area contributed by atoms with Gasteiger partial charge in [0, 0.05) is 44.0 Å². The zero-order valence-corrected chi connectivity index (χ0v) is 20.0. The summed E-state index contributed by atoms with van der Waals surface area (Å²) in [4.78, 5) is 41.5. The number of nitrogens with zero attached hydrogens (tertiary/aromatic N) is 2. The Morgan fingerprint density at radius 1 is 1.03 bits per heavy atom. The van der Waals surface area contributed by atoms with Gasteiger partial charge in [-0.3, -0.25) is 19.3 Å². The minimum absolute atomic E-state index is 0.0733. The van der Waals surface area contributed by atoms with Gasteiger partial charge in [-0.05, 0) is 48.7 Å². The Bertz CT molecular complexity index is 1050. The minimum Gasteiger partial charge on any atom is -0.497 e. The summed E-state index contributed by atoms with van der Waals surface area (Å²) in [6, 6.07) is 14.6. The van der Waals surface area contributed by atoms with Gasteiger partial charge >= 0.3 is 11.8 Å². The molecule has 0 spiro atoms. The van der Waals surface area contributed by atoms with Crippen molar-refractivity contribution in [2.45, 2.75) is 25.3 Å². The summed E-state index contributed by atoms with van der Waals surface area (Å²) in [6.45, 7) is 3.61. The van der Waals surface area contributed by atoms with Gasteiger partial charge < -0.3 is 25.0 Å². The van der Waals surface area contributed by atoms with Gasteiger partial charge in [-0.1, -0.05) is 18.2 Å². The predicted molar refractivity (Wildman–Crippen MR) is 132 cm³/mol. The van der Waals surface area contributed by atoms with Gasteiger partial charge in [-0.25, -0.2) is 0 Å². The second-order valence-electron chi connectivity index (χ2n) is 8.66. The topological polar surface area (TPSA) is 100 Å². The summed E-state index contributed by atoms with van der Waals surface area (Å²) in [5.74, 6) is -0.662. The Kier molecular flexibility index (Phi) is 8.33. The molecule has 0 aromatic heterocycles. The van der Waals surface area contributed by atoms with Crippen LogP contribution in [0, 0.1) is 0 Å². The highest BCUT2D eigenvalue weighted by Crippen LogP contribution is 2.26. The third-order valence-corrected chi connectivity index (χ3v) is 6.37. The molecule has 9 heteroatoms. The summed E-state index contributed by atoms with van der Waals surface area (Å²) in [5, 5.41) is 5.44. The second kappa shape index (κ2) is 11.8. The first-order valence-electron chi connectivity index (χ1n) is 12.0. The van der Waals surface area contributed by atoms with E-state index in [1.807, 2.05) is 30.3 Å². The molecule has 2 heterocycles. The average Bonchev–Trinajstić information content (AvgIpc) is 2.90. The number of hydrogen-bond donors (Lipinski definition) is 2. The van der Waals surface area contributed by atoms with Crippen LogP contribution in [0.5, 0.6) is 5.75 Å². The van der Waals surface area contributed by atoms with Gasteiger partial charge in [0.15, 0.2) is 0 Å². The number of ether oxygens (including phenoxy) is 2. The first kappa shape index (κ1) is 24.7. The van der Waals surface area contributed by atoms with Gasteiger partial charge in [0.2, 0.25) is 5.91 Å². The van der Waals surface area contributed by atoms with Crippen LogP contribution in [0.2, 0.25) is 0 Å². The maximum absolute atomic E-state index is 12.7. The lowest BCUT2D eigenvalue weighted by Gasteiger charge is -2.35. The van der Waals surface area contributed by atoms with Crippen molar-refractivity contribution in [3.8, 4) is 5.75 Å². The van der Waals surface area contributed by atoms with Crippen molar-refractivity contribution in [3.05, 3.63) is 54.1 Å². The fraction of sp³-hybridized carbons (Fsp3) is 0.423. The number of hydrogen-bond acceptors (Lipinski definition) is 6. The van der Waals surface area contributed by atoms with Crippen molar-refractivity contribution in [1.82, 2.24) is 10.2 Å². The fourth-order valence-electron chi connectivity index (χ4n) is 4.48. The molecule has 1 unspecified atom stereocenters. The molecule has 186 valence electrons. The highest BCUT2D eigenvalue weighted by atomic mass is 16.5. The number of morpholine rings is 1. The summed E-state index contributed by atoms with van der Waals surface area (Å²) in [5.41, 5.74) is 2.18. The Morgan fingerprint density at radius 3 is 2.60 bits per heavy atom. The summed E-state index contributed by atoms with van der Waals surface area (Å²) >= 11 is 0. The molecule has 2 aliphatic rings. The van der Waals surface area contributed by atoms with Gasteiger partial charge in [0.1, 0.15) is 5.75 Å². The van der Waals surface area contributed by atoms with E-state index >= 15 is 0 Å². The largest absolute Gasteiger partial charge is 0.497 e. The molecule has 0 aliphatic carbocycles. The Hall–Kier alpha value is -3.43. The summed E-state index contributed by atoms with van der Waals surface area (Å²) < 4.78 is 10.8. The van der Waals surface area contributed by atoms with Crippen molar-refractivity contribution in [2.24, 2.45) is 0 Å². The van der Waals surface area contributed by atoms with Crippen LogP contribution in [-0.4, -0.2) is 69.1 Å². The van der Waals surface area contributed by atoms with Gasteiger partial charge in [-0.15, -0.1) is 0 Å². The maximum atomic E-state index is 12.7. The number of methoxy groups -OCH3 is 1. The smallest absolute Gasteiger partial charge is 0.313 e. The Morgan fingerprint density at radius 2 is 1.83 bits per heavy atom. The van der Waals surface area contributed by atoms with E-state index in [1.54, 1.807) is 30.2 Å². The van der Waals surface area contributed by atoms with E-state index < -0.39 is 11.8 Å². The van der Waals surface area contributed by atoms with Crippen LogP contribution < -0.4 is 20.3 Å². The van der Waals surface area contributed by atoms with Crippen LogP contribution in [0.1, 0.15) is 30.9 Å². The standard InChI is InChI=1S/C26H32N4O5/c1-34-22-9-4-6-19(16-22)23(29-12-14-35-15-13-29)18-27-25(32)26(33)28-20-7-5-8-21(17-20)30-11-3-2-10-24(30)31/h4-9,16-17,23H,2-3,10-15,18H2,1H3,(H,27,32)(H,28,33). The number of anilines is 2. The quantitative estimate of drug-likeness (QED) is 0.590. The molecule has 2 aromatic carbocycles. The molecule has 4 rings (SSSR count). The van der Waals surface area contributed by atoms with Crippen LogP contribution in [0.3, 0.4) is 0 Å². The first-order valence-corrected chi connectivity index (χ1v) is 12.0. The molecule has 0 saturated carbocycles. The second-order valence-corrected chi connectivity index (χ2v) is 8.66. The summed E-state index contributed by atoms with van der Waals surface area (Å²) in [7, 11) is 1.62. The maximum Gasteiger partial charge on any atom is 0.313 e. The molecule has 35 heavy (non-hydrogen) atoms. The molecule has 9 nitrogen and oxygen atoms in total.